The Hall–Kier alpha value is -1.59. The molecule has 1 rings (SSSR count). The van der Waals surface area contributed by atoms with Gasteiger partial charge in [0.15, 0.2) is 0 Å². The van der Waals surface area contributed by atoms with Crippen molar-refractivity contribution in [2.24, 2.45) is 0 Å². The number of amides is 1. The minimum absolute atomic E-state index is 0.0338. The Balaban J connectivity index is 2.57. The number of likely N-dealkylation sites (tertiary alicyclic amines) is 1. The number of halogens is 1. The number of carbonyl (C=O) groups excluding carboxylic acids is 1. The fourth-order valence-electron chi connectivity index (χ4n) is 1.69. The third kappa shape index (κ3) is 3.22. The van der Waals surface area contributed by atoms with Crippen LogP contribution in [0, 0.1) is 0 Å². The number of ether oxygens (including phenoxy) is 1. The van der Waals surface area contributed by atoms with Crippen molar-refractivity contribution in [2.45, 2.75) is 25.1 Å². The minimum Gasteiger partial charge on any atom is -0.481 e. The second-order valence-electron chi connectivity index (χ2n) is 3.60. The van der Waals surface area contributed by atoms with E-state index >= 15 is 0 Å². The molecule has 0 bridgehead atoms. The summed E-state index contributed by atoms with van der Waals surface area (Å²) in [5.41, 5.74) is 0. The summed E-state index contributed by atoms with van der Waals surface area (Å²) in [6.07, 6.45) is -0.682. The maximum Gasteiger partial charge on any atom is 0.410 e. The van der Waals surface area contributed by atoms with Crippen LogP contribution in [0.15, 0.2) is 12.7 Å². The lowest BCUT2D eigenvalue weighted by Gasteiger charge is -2.21. The van der Waals surface area contributed by atoms with Crippen molar-refractivity contribution >= 4 is 12.1 Å². The van der Waals surface area contributed by atoms with E-state index in [9.17, 15) is 14.0 Å². The van der Waals surface area contributed by atoms with Gasteiger partial charge in [-0.3, -0.25) is 4.79 Å². The number of hydrogen-bond acceptors (Lipinski definition) is 3. The first kappa shape index (κ1) is 12.5. The van der Waals surface area contributed by atoms with Gasteiger partial charge in [0.05, 0.1) is 13.0 Å². The molecule has 0 aromatic rings. The van der Waals surface area contributed by atoms with Crippen LogP contribution in [-0.4, -0.2) is 47.4 Å². The Labute approximate surface area is 92.5 Å². The third-order valence-corrected chi connectivity index (χ3v) is 2.33. The zero-order chi connectivity index (χ0) is 12.1. The second-order valence-corrected chi connectivity index (χ2v) is 3.60. The highest BCUT2D eigenvalue weighted by Gasteiger charge is 2.37. The van der Waals surface area contributed by atoms with E-state index < -0.39 is 24.3 Å². The van der Waals surface area contributed by atoms with E-state index in [0.29, 0.717) is 0 Å². The predicted octanol–water partition coefficient (Wildman–Crippen LogP) is 1.20. The van der Waals surface area contributed by atoms with E-state index in [1.807, 2.05) is 0 Å². The van der Waals surface area contributed by atoms with Gasteiger partial charge in [-0.25, -0.2) is 9.18 Å². The summed E-state index contributed by atoms with van der Waals surface area (Å²) in [6.45, 7) is 3.31. The molecular formula is C10H14FNO4. The average molecular weight is 231 g/mol. The van der Waals surface area contributed by atoms with Gasteiger partial charge in [-0.1, -0.05) is 12.7 Å². The van der Waals surface area contributed by atoms with E-state index in [-0.39, 0.29) is 26.0 Å². The summed E-state index contributed by atoms with van der Waals surface area (Å²) in [5.74, 6) is -1.05. The Kier molecular flexibility index (Phi) is 4.28. The lowest BCUT2D eigenvalue weighted by Crippen LogP contribution is -2.37. The molecule has 2 atom stereocenters. The number of aliphatic carboxylic acids is 1. The van der Waals surface area contributed by atoms with E-state index in [0.717, 1.165) is 4.90 Å². The smallest absolute Gasteiger partial charge is 0.410 e. The van der Waals surface area contributed by atoms with Gasteiger partial charge >= 0.3 is 12.1 Å². The third-order valence-electron chi connectivity index (χ3n) is 2.33. The maximum atomic E-state index is 13.1. The topological polar surface area (TPSA) is 66.8 Å². The Bertz CT molecular complexity index is 295. The van der Waals surface area contributed by atoms with Gasteiger partial charge in [0.1, 0.15) is 12.8 Å². The molecule has 5 nitrogen and oxygen atoms in total. The van der Waals surface area contributed by atoms with E-state index in [2.05, 4.69) is 6.58 Å². The molecule has 0 aliphatic carbocycles. The van der Waals surface area contributed by atoms with Gasteiger partial charge in [-0.2, -0.15) is 0 Å². The molecule has 0 spiro atoms. The van der Waals surface area contributed by atoms with E-state index in [1.54, 1.807) is 0 Å². The maximum absolute atomic E-state index is 13.1. The molecule has 0 radical (unpaired) electrons. The largest absolute Gasteiger partial charge is 0.481 e. The Morgan fingerprint density at radius 3 is 2.88 bits per heavy atom. The molecule has 0 aromatic heterocycles. The Morgan fingerprint density at radius 2 is 2.31 bits per heavy atom. The summed E-state index contributed by atoms with van der Waals surface area (Å²) < 4.78 is 17.8. The number of carbonyl (C=O) groups is 2. The van der Waals surface area contributed by atoms with Gasteiger partial charge in [0, 0.05) is 12.5 Å². The Morgan fingerprint density at radius 1 is 1.62 bits per heavy atom. The van der Waals surface area contributed by atoms with Crippen LogP contribution in [0.3, 0.4) is 0 Å². The molecule has 0 unspecified atom stereocenters. The van der Waals surface area contributed by atoms with E-state index in [1.165, 1.54) is 6.08 Å². The number of carboxylic acid groups (broad SMARTS) is 1. The summed E-state index contributed by atoms with van der Waals surface area (Å²) in [4.78, 5) is 23.1. The SMILES string of the molecule is C=CCOC(=O)N1C[C@H](F)C[C@H]1CC(=O)O. The zero-order valence-corrected chi connectivity index (χ0v) is 8.76. The van der Waals surface area contributed by atoms with Gasteiger partial charge in [0.2, 0.25) is 0 Å². The first-order chi connectivity index (χ1) is 7.54. The number of nitrogens with zero attached hydrogens (tertiary/aromatic N) is 1. The summed E-state index contributed by atoms with van der Waals surface area (Å²) >= 11 is 0. The van der Waals surface area contributed by atoms with Crippen molar-refractivity contribution in [2.75, 3.05) is 13.2 Å². The molecule has 1 aliphatic heterocycles. The molecule has 1 saturated heterocycles. The average Bonchev–Trinajstić information content (AvgIpc) is 2.55. The van der Waals surface area contributed by atoms with E-state index in [4.69, 9.17) is 9.84 Å². The van der Waals surface area contributed by atoms with Crippen LogP contribution in [0.25, 0.3) is 0 Å². The number of alkyl halides is 1. The van der Waals surface area contributed by atoms with Crippen molar-refractivity contribution in [1.29, 1.82) is 0 Å². The van der Waals surface area contributed by atoms with Crippen LogP contribution in [-0.2, 0) is 9.53 Å². The molecule has 0 aromatic carbocycles. The van der Waals surface area contributed by atoms with Crippen molar-refractivity contribution in [1.82, 2.24) is 4.90 Å². The highest BCUT2D eigenvalue weighted by Crippen LogP contribution is 2.23. The van der Waals surface area contributed by atoms with Gasteiger partial charge < -0.3 is 14.7 Å². The minimum atomic E-state index is -1.18. The lowest BCUT2D eigenvalue weighted by molar-refractivity contribution is -0.138. The highest BCUT2D eigenvalue weighted by atomic mass is 19.1. The standard InChI is InChI=1S/C10H14FNO4/c1-2-3-16-10(15)12-6-7(11)4-8(12)5-9(13)14/h2,7-8H,1,3-6H2,(H,13,14)/t7-,8+/m1/s1. The zero-order valence-electron chi connectivity index (χ0n) is 8.76. The molecule has 0 saturated carbocycles. The molecule has 1 heterocycles. The molecule has 1 fully saturated rings. The van der Waals surface area contributed by atoms with Crippen LogP contribution in [0.5, 0.6) is 0 Å². The van der Waals surface area contributed by atoms with Crippen molar-refractivity contribution in [3.8, 4) is 0 Å². The molecule has 16 heavy (non-hydrogen) atoms. The molecule has 1 amide bonds. The molecule has 6 heteroatoms. The quantitative estimate of drug-likeness (QED) is 0.738. The molecular weight excluding hydrogens is 217 g/mol. The van der Waals surface area contributed by atoms with Crippen LogP contribution >= 0.6 is 0 Å². The number of rotatable bonds is 4. The second kappa shape index (κ2) is 5.48. The summed E-state index contributed by atoms with van der Waals surface area (Å²) in [5, 5.41) is 8.62. The molecule has 1 N–H and O–H groups in total. The van der Waals surface area contributed by atoms with Crippen LogP contribution in [0.2, 0.25) is 0 Å². The molecule has 90 valence electrons. The normalized spacial score (nSPS) is 24.2. The van der Waals surface area contributed by atoms with Gasteiger partial charge in [-0.15, -0.1) is 0 Å². The van der Waals surface area contributed by atoms with Gasteiger partial charge in [-0.05, 0) is 0 Å². The summed E-state index contributed by atoms with van der Waals surface area (Å²) in [7, 11) is 0. The van der Waals surface area contributed by atoms with Crippen LogP contribution < -0.4 is 0 Å². The predicted molar refractivity (Wildman–Crippen MR) is 53.8 cm³/mol. The summed E-state index contributed by atoms with van der Waals surface area (Å²) in [6, 6.07) is -0.621. The number of hydrogen-bond donors (Lipinski definition) is 1. The van der Waals surface area contributed by atoms with Gasteiger partial charge in [0.25, 0.3) is 0 Å². The van der Waals surface area contributed by atoms with Crippen LogP contribution in [0.4, 0.5) is 9.18 Å². The molecule has 1 aliphatic rings. The fraction of sp³-hybridized carbons (Fsp3) is 0.600. The highest BCUT2D eigenvalue weighted by molar-refractivity contribution is 5.72. The van der Waals surface area contributed by atoms with Crippen molar-refractivity contribution in [3.63, 3.8) is 0 Å². The monoisotopic (exact) mass is 231 g/mol. The van der Waals surface area contributed by atoms with Crippen LogP contribution in [0.1, 0.15) is 12.8 Å². The first-order valence-corrected chi connectivity index (χ1v) is 4.94. The van der Waals surface area contributed by atoms with Crippen molar-refractivity contribution < 1.29 is 23.8 Å². The fourth-order valence-corrected chi connectivity index (χ4v) is 1.69. The number of carboxylic acids is 1. The lowest BCUT2D eigenvalue weighted by atomic mass is 10.1. The van der Waals surface area contributed by atoms with Crippen molar-refractivity contribution in [3.05, 3.63) is 12.7 Å². The first-order valence-electron chi connectivity index (χ1n) is 4.94.